The molecule has 0 spiro atoms. The van der Waals surface area contributed by atoms with E-state index < -0.39 is 22.8 Å². The van der Waals surface area contributed by atoms with Gasteiger partial charge in [-0.3, -0.25) is 10.1 Å². The first-order chi connectivity index (χ1) is 7.29. The molecule has 0 heterocycles. The number of hydrogen-bond acceptors (Lipinski definition) is 3. The van der Waals surface area contributed by atoms with E-state index in [0.717, 1.165) is 0 Å². The summed E-state index contributed by atoms with van der Waals surface area (Å²) in [5.74, 6) is -3.05. The fourth-order valence-corrected chi connectivity index (χ4v) is 1.96. The molecule has 1 fully saturated rings. The first-order valence-corrected chi connectivity index (χ1v) is 4.71. The number of hydrogen-bond donors (Lipinski definition) is 1. The molecule has 86 valence electrons. The molecule has 1 unspecified atom stereocenters. The minimum atomic E-state index is -3.05. The van der Waals surface area contributed by atoms with Gasteiger partial charge >= 0.3 is 0 Å². The Kier molecular flexibility index (Phi) is 2.03. The standard InChI is InChI=1S/C10H10F2N2O2/c1-6-3-2-4-7(14(15)16)8(6)9(13)5-10(9,11)12/h2-4H,5,13H2,1H3. The summed E-state index contributed by atoms with van der Waals surface area (Å²) in [4.78, 5) is 10.1. The maximum absolute atomic E-state index is 13.1. The lowest BCUT2D eigenvalue weighted by Crippen LogP contribution is -2.29. The predicted octanol–water partition coefficient (Wildman–Crippen LogP) is 2.10. The third-order valence-corrected chi connectivity index (χ3v) is 2.92. The Balaban J connectivity index is 2.61. The summed E-state index contributed by atoms with van der Waals surface area (Å²) in [6.45, 7) is 1.55. The Hall–Kier alpha value is -1.56. The van der Waals surface area contributed by atoms with E-state index in [2.05, 4.69) is 0 Å². The normalized spacial score (nSPS) is 26.5. The van der Waals surface area contributed by atoms with Crippen molar-refractivity contribution in [2.24, 2.45) is 5.73 Å². The van der Waals surface area contributed by atoms with E-state index >= 15 is 0 Å². The van der Waals surface area contributed by atoms with Gasteiger partial charge in [-0.05, 0) is 12.5 Å². The molecule has 0 aliphatic heterocycles. The van der Waals surface area contributed by atoms with Gasteiger partial charge in [0.25, 0.3) is 11.6 Å². The maximum Gasteiger partial charge on any atom is 0.274 e. The van der Waals surface area contributed by atoms with E-state index in [1.807, 2.05) is 0 Å². The molecule has 0 aromatic heterocycles. The van der Waals surface area contributed by atoms with Crippen molar-refractivity contribution in [1.29, 1.82) is 0 Å². The highest BCUT2D eigenvalue weighted by Crippen LogP contribution is 2.59. The van der Waals surface area contributed by atoms with Crippen LogP contribution in [0, 0.1) is 17.0 Å². The van der Waals surface area contributed by atoms with Gasteiger partial charge in [0, 0.05) is 12.5 Å². The first kappa shape index (κ1) is 10.9. The number of nitrogens with two attached hydrogens (primary N) is 1. The van der Waals surface area contributed by atoms with Crippen LogP contribution < -0.4 is 5.73 Å². The van der Waals surface area contributed by atoms with Crippen molar-refractivity contribution in [3.8, 4) is 0 Å². The number of rotatable bonds is 2. The predicted molar refractivity (Wildman–Crippen MR) is 53.3 cm³/mol. The molecule has 0 saturated heterocycles. The van der Waals surface area contributed by atoms with Crippen LogP contribution in [0.5, 0.6) is 0 Å². The molecule has 1 atom stereocenters. The number of nitrogens with zero attached hydrogens (tertiary/aromatic N) is 1. The Labute approximate surface area is 90.2 Å². The van der Waals surface area contributed by atoms with Gasteiger partial charge in [0.2, 0.25) is 0 Å². The van der Waals surface area contributed by atoms with Crippen LogP contribution in [0.15, 0.2) is 18.2 Å². The van der Waals surface area contributed by atoms with E-state index in [1.165, 1.54) is 12.1 Å². The lowest BCUT2D eigenvalue weighted by molar-refractivity contribution is -0.386. The summed E-state index contributed by atoms with van der Waals surface area (Å²) in [5.41, 5.74) is 3.70. The minimum Gasteiger partial charge on any atom is -0.316 e. The zero-order chi connectivity index (χ0) is 12.1. The van der Waals surface area contributed by atoms with Crippen molar-refractivity contribution in [3.63, 3.8) is 0 Å². The zero-order valence-corrected chi connectivity index (χ0v) is 8.54. The van der Waals surface area contributed by atoms with Crippen LogP contribution in [0.3, 0.4) is 0 Å². The minimum absolute atomic E-state index is 0.0509. The molecule has 1 aliphatic rings. The van der Waals surface area contributed by atoms with Gasteiger partial charge in [0.15, 0.2) is 0 Å². The fraction of sp³-hybridized carbons (Fsp3) is 0.400. The topological polar surface area (TPSA) is 69.2 Å². The number of halogens is 2. The molecule has 2 N–H and O–H groups in total. The molecule has 1 saturated carbocycles. The van der Waals surface area contributed by atoms with Crippen LogP contribution in [0.2, 0.25) is 0 Å². The van der Waals surface area contributed by atoms with Gasteiger partial charge in [0.05, 0.1) is 10.5 Å². The van der Waals surface area contributed by atoms with Crippen molar-refractivity contribution in [2.45, 2.75) is 24.8 Å². The molecular formula is C10H10F2N2O2. The highest BCUT2D eigenvalue weighted by Gasteiger charge is 2.72. The fourth-order valence-electron chi connectivity index (χ4n) is 1.96. The summed E-state index contributed by atoms with van der Waals surface area (Å²) in [7, 11) is 0. The van der Waals surface area contributed by atoms with Crippen LogP contribution in [0.1, 0.15) is 17.5 Å². The van der Waals surface area contributed by atoms with Gasteiger partial charge in [-0.15, -0.1) is 0 Å². The quantitative estimate of drug-likeness (QED) is 0.622. The number of benzene rings is 1. The summed E-state index contributed by atoms with van der Waals surface area (Å²) in [5, 5.41) is 10.8. The largest absolute Gasteiger partial charge is 0.316 e. The van der Waals surface area contributed by atoms with E-state index in [9.17, 15) is 18.9 Å². The van der Waals surface area contributed by atoms with Crippen molar-refractivity contribution < 1.29 is 13.7 Å². The van der Waals surface area contributed by atoms with Crippen molar-refractivity contribution in [3.05, 3.63) is 39.4 Å². The van der Waals surface area contributed by atoms with Crippen LogP contribution in [-0.2, 0) is 5.54 Å². The van der Waals surface area contributed by atoms with Crippen LogP contribution in [0.4, 0.5) is 14.5 Å². The van der Waals surface area contributed by atoms with E-state index in [0.29, 0.717) is 5.56 Å². The lowest BCUT2D eigenvalue weighted by Gasteiger charge is -2.13. The molecular weight excluding hydrogens is 218 g/mol. The van der Waals surface area contributed by atoms with E-state index in [4.69, 9.17) is 5.73 Å². The number of aryl methyl sites for hydroxylation is 1. The first-order valence-electron chi connectivity index (χ1n) is 4.71. The monoisotopic (exact) mass is 228 g/mol. The lowest BCUT2D eigenvalue weighted by atomic mass is 9.97. The second-order valence-electron chi connectivity index (χ2n) is 4.08. The van der Waals surface area contributed by atoms with Gasteiger partial charge in [-0.1, -0.05) is 12.1 Å². The van der Waals surface area contributed by atoms with E-state index in [-0.39, 0.29) is 11.3 Å². The van der Waals surface area contributed by atoms with Crippen LogP contribution in [0.25, 0.3) is 0 Å². The van der Waals surface area contributed by atoms with Gasteiger partial charge in [0.1, 0.15) is 5.54 Å². The van der Waals surface area contributed by atoms with Gasteiger partial charge in [-0.2, -0.15) is 0 Å². The molecule has 0 amide bonds. The summed E-state index contributed by atoms with van der Waals surface area (Å²) >= 11 is 0. The molecule has 0 bridgehead atoms. The average Bonchev–Trinajstić information content (AvgIpc) is 2.65. The second kappa shape index (κ2) is 2.98. The van der Waals surface area contributed by atoms with Crippen molar-refractivity contribution in [1.82, 2.24) is 0 Å². The molecule has 6 heteroatoms. The second-order valence-corrected chi connectivity index (χ2v) is 4.08. The van der Waals surface area contributed by atoms with Gasteiger partial charge < -0.3 is 5.73 Å². The smallest absolute Gasteiger partial charge is 0.274 e. The zero-order valence-electron chi connectivity index (χ0n) is 8.54. The third-order valence-electron chi connectivity index (χ3n) is 2.92. The number of nitro benzene ring substituents is 1. The molecule has 4 nitrogen and oxygen atoms in total. The number of alkyl halides is 2. The highest BCUT2D eigenvalue weighted by atomic mass is 19.3. The average molecular weight is 228 g/mol. The van der Waals surface area contributed by atoms with Crippen LogP contribution in [-0.4, -0.2) is 10.8 Å². The number of nitro groups is 1. The van der Waals surface area contributed by atoms with E-state index in [1.54, 1.807) is 13.0 Å². The molecule has 1 aliphatic carbocycles. The molecule has 16 heavy (non-hydrogen) atoms. The highest BCUT2D eigenvalue weighted by molar-refractivity contribution is 5.54. The maximum atomic E-state index is 13.1. The summed E-state index contributed by atoms with van der Waals surface area (Å²) < 4.78 is 26.3. The van der Waals surface area contributed by atoms with Crippen LogP contribution >= 0.6 is 0 Å². The Morgan fingerprint density at radius 3 is 2.50 bits per heavy atom. The Morgan fingerprint density at radius 1 is 1.50 bits per heavy atom. The molecule has 1 aromatic carbocycles. The SMILES string of the molecule is Cc1cccc([N+](=O)[O-])c1C1(N)CC1(F)F. The molecule has 2 rings (SSSR count). The Morgan fingerprint density at radius 2 is 2.06 bits per heavy atom. The summed E-state index contributed by atoms with van der Waals surface area (Å²) in [6, 6.07) is 4.21. The molecule has 1 aromatic rings. The van der Waals surface area contributed by atoms with Crippen molar-refractivity contribution >= 4 is 5.69 Å². The van der Waals surface area contributed by atoms with Crippen molar-refractivity contribution in [2.75, 3.05) is 0 Å². The van der Waals surface area contributed by atoms with Gasteiger partial charge in [-0.25, -0.2) is 8.78 Å². The third kappa shape index (κ3) is 1.30. The molecule has 0 radical (unpaired) electrons. The Bertz CT molecular complexity index is 476. The summed E-state index contributed by atoms with van der Waals surface area (Å²) in [6.07, 6.45) is -0.536.